The highest BCUT2D eigenvalue weighted by molar-refractivity contribution is 7.14. The number of rotatable bonds is 8. The molecule has 0 radical (unpaired) electrons. The maximum Gasteiger partial charge on any atom is 0.271 e. The van der Waals surface area contributed by atoms with Gasteiger partial charge < -0.3 is 14.8 Å². The first-order valence-corrected chi connectivity index (χ1v) is 11.9. The van der Waals surface area contributed by atoms with Crippen LogP contribution >= 0.6 is 22.9 Å². The fraction of sp³-hybridized carbons (Fsp3) is 0.115. The first kappa shape index (κ1) is 24.3. The Bertz CT molecular complexity index is 1340. The second-order valence-corrected chi connectivity index (χ2v) is 8.59. The number of carbonyl (C=O) groups is 2. The van der Waals surface area contributed by atoms with E-state index in [9.17, 15) is 9.59 Å². The molecule has 0 saturated heterocycles. The van der Waals surface area contributed by atoms with E-state index < -0.39 is 5.91 Å². The zero-order valence-electron chi connectivity index (χ0n) is 19.0. The van der Waals surface area contributed by atoms with Gasteiger partial charge in [0.2, 0.25) is 0 Å². The molecule has 7 nitrogen and oxygen atoms in total. The SMILES string of the molecule is COc1ccc(N(C(=O)c2ccccc2Cl)c2nc(C(=O)NCc3ccccc3)cs2)cc1OC. The monoisotopic (exact) mass is 507 g/mol. The molecule has 0 aliphatic heterocycles. The Morgan fingerprint density at radius 2 is 1.69 bits per heavy atom. The second kappa shape index (κ2) is 11.0. The summed E-state index contributed by atoms with van der Waals surface area (Å²) in [6.07, 6.45) is 0. The first-order valence-electron chi connectivity index (χ1n) is 10.6. The zero-order valence-corrected chi connectivity index (χ0v) is 20.6. The highest BCUT2D eigenvalue weighted by atomic mass is 35.5. The number of anilines is 2. The van der Waals surface area contributed by atoms with Crippen molar-refractivity contribution in [2.45, 2.75) is 6.54 Å². The van der Waals surface area contributed by atoms with Crippen LogP contribution in [0.25, 0.3) is 0 Å². The van der Waals surface area contributed by atoms with Crippen LogP contribution in [0, 0.1) is 0 Å². The maximum absolute atomic E-state index is 13.6. The van der Waals surface area contributed by atoms with Gasteiger partial charge in [0, 0.05) is 18.0 Å². The molecule has 0 aliphatic rings. The molecule has 1 N–H and O–H groups in total. The molecular weight excluding hydrogens is 486 g/mol. The molecule has 0 spiro atoms. The van der Waals surface area contributed by atoms with Crippen LogP contribution in [0.5, 0.6) is 11.5 Å². The Morgan fingerprint density at radius 3 is 2.40 bits per heavy atom. The molecule has 1 heterocycles. The predicted molar refractivity (Wildman–Crippen MR) is 137 cm³/mol. The Kier molecular flexibility index (Phi) is 7.64. The minimum absolute atomic E-state index is 0.207. The number of methoxy groups -OCH3 is 2. The fourth-order valence-electron chi connectivity index (χ4n) is 3.37. The third kappa shape index (κ3) is 5.45. The summed E-state index contributed by atoms with van der Waals surface area (Å²) in [5.74, 6) is 0.225. The quantitative estimate of drug-likeness (QED) is 0.330. The van der Waals surface area contributed by atoms with Crippen LogP contribution in [0.2, 0.25) is 5.02 Å². The van der Waals surface area contributed by atoms with Gasteiger partial charge in [-0.1, -0.05) is 54.1 Å². The highest BCUT2D eigenvalue weighted by Gasteiger charge is 2.26. The molecule has 1 aromatic heterocycles. The molecule has 0 unspecified atom stereocenters. The van der Waals surface area contributed by atoms with E-state index >= 15 is 0 Å². The minimum Gasteiger partial charge on any atom is -0.493 e. The van der Waals surface area contributed by atoms with Gasteiger partial charge >= 0.3 is 0 Å². The lowest BCUT2D eigenvalue weighted by Crippen LogP contribution is -2.27. The smallest absolute Gasteiger partial charge is 0.271 e. The molecule has 0 saturated carbocycles. The number of thiazole rings is 1. The van der Waals surface area contributed by atoms with Crippen LogP contribution in [0.1, 0.15) is 26.4 Å². The highest BCUT2D eigenvalue weighted by Crippen LogP contribution is 2.37. The number of ether oxygens (including phenoxy) is 2. The lowest BCUT2D eigenvalue weighted by molar-refractivity contribution is 0.0944. The number of aromatic nitrogens is 1. The molecule has 4 aromatic rings. The van der Waals surface area contributed by atoms with Gasteiger partial charge in [0.1, 0.15) is 5.69 Å². The van der Waals surface area contributed by atoms with E-state index in [0.29, 0.717) is 39.4 Å². The number of nitrogens with zero attached hydrogens (tertiary/aromatic N) is 2. The molecule has 3 aromatic carbocycles. The average Bonchev–Trinajstić information content (AvgIpc) is 3.38. The summed E-state index contributed by atoms with van der Waals surface area (Å²) in [6, 6.07) is 21.4. The third-order valence-electron chi connectivity index (χ3n) is 5.14. The summed E-state index contributed by atoms with van der Waals surface area (Å²) in [4.78, 5) is 32.3. The zero-order chi connectivity index (χ0) is 24.8. The number of nitrogens with one attached hydrogen (secondary N) is 1. The molecule has 2 amide bonds. The van der Waals surface area contributed by atoms with Crippen molar-refractivity contribution in [1.29, 1.82) is 0 Å². The van der Waals surface area contributed by atoms with E-state index in [4.69, 9.17) is 21.1 Å². The van der Waals surface area contributed by atoms with Crippen LogP contribution in [0.15, 0.2) is 78.2 Å². The first-order chi connectivity index (χ1) is 17.0. The Hall–Kier alpha value is -3.88. The van der Waals surface area contributed by atoms with Crippen molar-refractivity contribution in [3.8, 4) is 11.5 Å². The van der Waals surface area contributed by atoms with Gasteiger partial charge in [-0.05, 0) is 29.8 Å². The number of benzene rings is 3. The number of carbonyl (C=O) groups excluding carboxylic acids is 2. The van der Waals surface area contributed by atoms with E-state index in [1.807, 2.05) is 30.3 Å². The average molecular weight is 508 g/mol. The van der Waals surface area contributed by atoms with Crippen molar-refractivity contribution in [1.82, 2.24) is 10.3 Å². The van der Waals surface area contributed by atoms with Gasteiger partial charge in [0.25, 0.3) is 11.8 Å². The Balaban J connectivity index is 1.68. The molecule has 0 fully saturated rings. The van der Waals surface area contributed by atoms with Crippen molar-refractivity contribution in [3.05, 3.63) is 100 Å². The summed E-state index contributed by atoms with van der Waals surface area (Å²) in [5.41, 5.74) is 1.96. The fourth-order valence-corrected chi connectivity index (χ4v) is 4.41. The van der Waals surface area contributed by atoms with Crippen molar-refractivity contribution in [2.75, 3.05) is 19.1 Å². The van der Waals surface area contributed by atoms with Crippen molar-refractivity contribution >= 4 is 45.6 Å². The second-order valence-electron chi connectivity index (χ2n) is 7.34. The van der Waals surface area contributed by atoms with Crippen LogP contribution in [0.4, 0.5) is 10.8 Å². The van der Waals surface area contributed by atoms with Crippen LogP contribution < -0.4 is 19.7 Å². The van der Waals surface area contributed by atoms with E-state index in [-0.39, 0.29) is 11.6 Å². The predicted octanol–water partition coefficient (Wildman–Crippen LogP) is 5.72. The van der Waals surface area contributed by atoms with Crippen molar-refractivity contribution in [2.24, 2.45) is 0 Å². The van der Waals surface area contributed by atoms with Gasteiger partial charge in [-0.2, -0.15) is 0 Å². The summed E-state index contributed by atoms with van der Waals surface area (Å²) in [7, 11) is 3.05. The molecular formula is C26H22ClN3O4S. The third-order valence-corrected chi connectivity index (χ3v) is 6.30. The number of amides is 2. The summed E-state index contributed by atoms with van der Waals surface area (Å²) in [5, 5.41) is 5.09. The van der Waals surface area contributed by atoms with Gasteiger partial charge in [-0.25, -0.2) is 4.98 Å². The van der Waals surface area contributed by atoms with E-state index in [2.05, 4.69) is 10.3 Å². The van der Waals surface area contributed by atoms with Gasteiger partial charge in [0.15, 0.2) is 16.6 Å². The van der Waals surface area contributed by atoms with E-state index in [1.54, 1.807) is 47.8 Å². The van der Waals surface area contributed by atoms with E-state index in [0.717, 1.165) is 5.56 Å². The standard InChI is InChI=1S/C26H22ClN3O4S/c1-33-22-13-12-18(14-23(22)34-2)30(25(32)19-10-6-7-11-20(19)27)26-29-21(16-35-26)24(31)28-15-17-8-4-3-5-9-17/h3-14,16H,15H2,1-2H3,(H,28,31). The minimum atomic E-state index is -0.395. The molecule has 35 heavy (non-hydrogen) atoms. The van der Waals surface area contributed by atoms with Crippen LogP contribution in [-0.4, -0.2) is 31.0 Å². The number of halogens is 1. The van der Waals surface area contributed by atoms with Gasteiger partial charge in [-0.15, -0.1) is 11.3 Å². The number of hydrogen-bond acceptors (Lipinski definition) is 6. The van der Waals surface area contributed by atoms with E-state index in [1.165, 1.54) is 30.5 Å². The topological polar surface area (TPSA) is 80.8 Å². The normalized spacial score (nSPS) is 10.5. The lowest BCUT2D eigenvalue weighted by atomic mass is 10.1. The summed E-state index contributed by atoms with van der Waals surface area (Å²) in [6.45, 7) is 0.366. The lowest BCUT2D eigenvalue weighted by Gasteiger charge is -2.22. The van der Waals surface area contributed by atoms with Crippen molar-refractivity contribution in [3.63, 3.8) is 0 Å². The largest absolute Gasteiger partial charge is 0.493 e. The maximum atomic E-state index is 13.6. The molecule has 0 aliphatic carbocycles. The number of hydrogen-bond donors (Lipinski definition) is 1. The molecule has 4 rings (SSSR count). The summed E-state index contributed by atoms with van der Waals surface area (Å²) >= 11 is 7.50. The molecule has 178 valence electrons. The Morgan fingerprint density at radius 1 is 0.971 bits per heavy atom. The molecule has 0 atom stereocenters. The van der Waals surface area contributed by atoms with Gasteiger partial charge in [-0.3, -0.25) is 14.5 Å². The molecule has 9 heteroatoms. The molecule has 0 bridgehead atoms. The Labute approximate surface area is 211 Å². The summed E-state index contributed by atoms with van der Waals surface area (Å²) < 4.78 is 10.7. The van der Waals surface area contributed by atoms with Gasteiger partial charge in [0.05, 0.1) is 30.5 Å². The van der Waals surface area contributed by atoms with Crippen LogP contribution in [-0.2, 0) is 6.54 Å². The van der Waals surface area contributed by atoms with Crippen LogP contribution in [0.3, 0.4) is 0 Å². The van der Waals surface area contributed by atoms with Crippen molar-refractivity contribution < 1.29 is 19.1 Å².